The Labute approximate surface area is 100 Å². The van der Waals surface area contributed by atoms with Gasteiger partial charge in [-0.1, -0.05) is 13.8 Å². The largest absolute Gasteiger partial charge is 0.478 e. The summed E-state index contributed by atoms with van der Waals surface area (Å²) in [5.74, 6) is -0.497. The van der Waals surface area contributed by atoms with Gasteiger partial charge >= 0.3 is 5.97 Å². The summed E-state index contributed by atoms with van der Waals surface area (Å²) in [6, 6.07) is 0.375. The number of aryl methyl sites for hydroxylation is 1. The molecule has 0 spiro atoms. The molecule has 1 saturated carbocycles. The molecule has 0 radical (unpaired) electrons. The van der Waals surface area contributed by atoms with Crippen LogP contribution >= 0.6 is 0 Å². The molecule has 0 saturated heterocycles. The Kier molecular flexibility index (Phi) is 3.26. The van der Waals surface area contributed by atoms with Crippen LogP contribution in [0, 0.1) is 0 Å². The van der Waals surface area contributed by atoms with Crippen LogP contribution in [0.1, 0.15) is 48.3 Å². The molecule has 17 heavy (non-hydrogen) atoms. The molecule has 0 aromatic carbocycles. The van der Waals surface area contributed by atoms with Gasteiger partial charge in [-0.25, -0.2) is 4.79 Å². The number of hydrogen-bond donors (Lipinski definition) is 2. The lowest BCUT2D eigenvalue weighted by Crippen LogP contribution is -2.16. The Morgan fingerprint density at radius 2 is 2.06 bits per heavy atom. The zero-order valence-corrected chi connectivity index (χ0v) is 10.2. The molecule has 0 bridgehead atoms. The predicted octanol–water partition coefficient (Wildman–Crippen LogP) is 1.87. The smallest absolute Gasteiger partial charge is 0.339 e. The standard InChI is InChI=1S/C12H17N3O2/c1-3-8-9(4-2)14-15-11(10(8)12(16)17)13-7-5-6-7/h7H,3-6H2,1-2H3,(H,13,15)(H,16,17). The molecule has 1 aliphatic carbocycles. The van der Waals surface area contributed by atoms with Gasteiger partial charge in [-0.15, -0.1) is 5.10 Å². The summed E-state index contributed by atoms with van der Waals surface area (Å²) in [5.41, 5.74) is 1.88. The minimum absolute atomic E-state index is 0.297. The van der Waals surface area contributed by atoms with Gasteiger partial charge in [0.25, 0.3) is 0 Å². The number of aromatic nitrogens is 2. The third kappa shape index (κ3) is 2.38. The summed E-state index contributed by atoms with van der Waals surface area (Å²) in [7, 11) is 0. The second-order valence-electron chi connectivity index (χ2n) is 4.28. The monoisotopic (exact) mass is 235 g/mol. The van der Waals surface area contributed by atoms with Crippen LogP contribution < -0.4 is 5.32 Å². The molecule has 1 aromatic heterocycles. The predicted molar refractivity (Wildman–Crippen MR) is 64.4 cm³/mol. The molecule has 1 fully saturated rings. The number of rotatable bonds is 5. The molecule has 0 unspecified atom stereocenters. The van der Waals surface area contributed by atoms with Crippen molar-refractivity contribution in [2.24, 2.45) is 0 Å². The zero-order valence-electron chi connectivity index (χ0n) is 10.2. The lowest BCUT2D eigenvalue weighted by molar-refractivity contribution is 0.0696. The summed E-state index contributed by atoms with van der Waals surface area (Å²) in [6.07, 6.45) is 3.54. The second-order valence-corrected chi connectivity index (χ2v) is 4.28. The number of nitrogens with zero attached hydrogens (tertiary/aromatic N) is 2. The van der Waals surface area contributed by atoms with E-state index >= 15 is 0 Å². The molecule has 5 heteroatoms. The summed E-state index contributed by atoms with van der Waals surface area (Å²) >= 11 is 0. The molecule has 92 valence electrons. The van der Waals surface area contributed by atoms with E-state index in [1.165, 1.54) is 0 Å². The van der Waals surface area contributed by atoms with Crippen LogP contribution in [0.25, 0.3) is 0 Å². The zero-order chi connectivity index (χ0) is 12.4. The van der Waals surface area contributed by atoms with Gasteiger partial charge < -0.3 is 10.4 Å². The molecule has 2 rings (SSSR count). The fourth-order valence-electron chi connectivity index (χ4n) is 1.93. The Hall–Kier alpha value is -1.65. The van der Waals surface area contributed by atoms with E-state index in [2.05, 4.69) is 15.5 Å². The number of anilines is 1. The summed E-state index contributed by atoms with van der Waals surface area (Å²) < 4.78 is 0. The number of nitrogens with one attached hydrogen (secondary N) is 1. The molecule has 1 heterocycles. The van der Waals surface area contributed by atoms with Crippen molar-refractivity contribution in [1.82, 2.24) is 10.2 Å². The second kappa shape index (κ2) is 4.69. The van der Waals surface area contributed by atoms with Crippen molar-refractivity contribution in [3.8, 4) is 0 Å². The van der Waals surface area contributed by atoms with Crippen LogP contribution in [-0.4, -0.2) is 27.3 Å². The average molecular weight is 235 g/mol. The maximum Gasteiger partial charge on any atom is 0.339 e. The van der Waals surface area contributed by atoms with Crippen molar-refractivity contribution in [1.29, 1.82) is 0 Å². The van der Waals surface area contributed by atoms with E-state index < -0.39 is 5.97 Å². The molecule has 5 nitrogen and oxygen atoms in total. The first-order valence-corrected chi connectivity index (χ1v) is 6.05. The average Bonchev–Trinajstić information content (AvgIpc) is 3.11. The Bertz CT molecular complexity index is 442. The number of carboxylic acids is 1. The molecule has 0 aliphatic heterocycles. The van der Waals surface area contributed by atoms with E-state index in [4.69, 9.17) is 0 Å². The molecule has 0 amide bonds. The number of carboxylic acid groups (broad SMARTS) is 1. The molecule has 0 atom stereocenters. The summed E-state index contributed by atoms with van der Waals surface area (Å²) in [5, 5.41) is 20.6. The summed E-state index contributed by atoms with van der Waals surface area (Å²) in [6.45, 7) is 3.91. The van der Waals surface area contributed by atoms with Crippen molar-refractivity contribution >= 4 is 11.8 Å². The fraction of sp³-hybridized carbons (Fsp3) is 0.583. The Balaban J connectivity index is 2.46. The van der Waals surface area contributed by atoms with Crippen LogP contribution in [0.3, 0.4) is 0 Å². The van der Waals surface area contributed by atoms with Gasteiger partial charge in [-0.3, -0.25) is 0 Å². The van der Waals surface area contributed by atoms with Gasteiger partial charge in [-0.05, 0) is 31.2 Å². The van der Waals surface area contributed by atoms with Crippen LogP contribution in [0.15, 0.2) is 0 Å². The fourth-order valence-corrected chi connectivity index (χ4v) is 1.93. The van der Waals surface area contributed by atoms with E-state index in [-0.39, 0.29) is 0 Å². The Morgan fingerprint density at radius 1 is 1.35 bits per heavy atom. The van der Waals surface area contributed by atoms with Gasteiger partial charge in [0.2, 0.25) is 0 Å². The van der Waals surface area contributed by atoms with Crippen molar-refractivity contribution in [2.45, 2.75) is 45.6 Å². The van der Waals surface area contributed by atoms with E-state index in [9.17, 15) is 9.90 Å². The normalized spacial score (nSPS) is 14.7. The van der Waals surface area contributed by atoms with Crippen LogP contribution in [0.5, 0.6) is 0 Å². The quantitative estimate of drug-likeness (QED) is 0.815. The first kappa shape index (κ1) is 11.8. The molecule has 1 aliphatic rings. The highest BCUT2D eigenvalue weighted by molar-refractivity contribution is 5.95. The van der Waals surface area contributed by atoms with Crippen LogP contribution in [0.2, 0.25) is 0 Å². The van der Waals surface area contributed by atoms with E-state index in [1.807, 2.05) is 13.8 Å². The minimum Gasteiger partial charge on any atom is -0.478 e. The highest BCUT2D eigenvalue weighted by Gasteiger charge is 2.26. The number of hydrogen-bond acceptors (Lipinski definition) is 4. The lowest BCUT2D eigenvalue weighted by Gasteiger charge is -2.13. The molecule has 1 aromatic rings. The topological polar surface area (TPSA) is 75.1 Å². The maximum atomic E-state index is 11.4. The summed E-state index contributed by atoms with van der Waals surface area (Å²) in [4.78, 5) is 11.4. The molecular weight excluding hydrogens is 218 g/mol. The first-order valence-electron chi connectivity index (χ1n) is 6.05. The van der Waals surface area contributed by atoms with Gasteiger partial charge in [0.1, 0.15) is 5.56 Å². The van der Waals surface area contributed by atoms with Gasteiger partial charge in [0.15, 0.2) is 5.82 Å². The van der Waals surface area contributed by atoms with Gasteiger partial charge in [0.05, 0.1) is 5.69 Å². The van der Waals surface area contributed by atoms with Gasteiger partial charge in [-0.2, -0.15) is 5.10 Å². The third-order valence-corrected chi connectivity index (χ3v) is 2.98. The van der Waals surface area contributed by atoms with Crippen LogP contribution in [0.4, 0.5) is 5.82 Å². The minimum atomic E-state index is -0.922. The SMILES string of the molecule is CCc1nnc(NC2CC2)c(C(=O)O)c1CC. The number of aromatic carboxylic acids is 1. The number of carbonyl (C=O) groups is 1. The Morgan fingerprint density at radius 3 is 2.53 bits per heavy atom. The third-order valence-electron chi connectivity index (χ3n) is 2.98. The first-order chi connectivity index (χ1) is 8.17. The highest BCUT2D eigenvalue weighted by atomic mass is 16.4. The van der Waals surface area contributed by atoms with E-state index in [0.717, 1.165) is 24.1 Å². The van der Waals surface area contributed by atoms with E-state index in [1.54, 1.807) is 0 Å². The maximum absolute atomic E-state index is 11.4. The van der Waals surface area contributed by atoms with E-state index in [0.29, 0.717) is 30.3 Å². The van der Waals surface area contributed by atoms with Crippen molar-refractivity contribution in [2.75, 3.05) is 5.32 Å². The highest BCUT2D eigenvalue weighted by Crippen LogP contribution is 2.27. The van der Waals surface area contributed by atoms with Gasteiger partial charge in [0, 0.05) is 6.04 Å². The van der Waals surface area contributed by atoms with Crippen molar-refractivity contribution in [3.63, 3.8) is 0 Å². The van der Waals surface area contributed by atoms with Crippen molar-refractivity contribution < 1.29 is 9.90 Å². The van der Waals surface area contributed by atoms with Crippen molar-refractivity contribution in [3.05, 3.63) is 16.8 Å². The molecular formula is C12H17N3O2. The molecule has 2 N–H and O–H groups in total. The van der Waals surface area contributed by atoms with Crippen LogP contribution in [-0.2, 0) is 12.8 Å². The lowest BCUT2D eigenvalue weighted by atomic mass is 10.0.